The molecule has 1 heterocycles. The van der Waals surface area contributed by atoms with E-state index < -0.39 is 0 Å². The topological polar surface area (TPSA) is 35.3 Å². The van der Waals surface area contributed by atoms with E-state index in [1.165, 1.54) is 0 Å². The summed E-state index contributed by atoms with van der Waals surface area (Å²) < 4.78 is 11.5. The minimum absolute atomic E-state index is 0.602. The molecule has 4 aromatic carbocycles. The lowest BCUT2D eigenvalue weighted by molar-refractivity contribution is 0.341. The number of aromatic nitrogens is 1. The molecule has 0 unspecified atom stereocenters. The number of rotatable bonds is 4. The molecule has 30 heavy (non-hydrogen) atoms. The van der Waals surface area contributed by atoms with E-state index in [9.17, 15) is 0 Å². The standard InChI is InChI=1S/C26H18ClNO2/c1-29-15-14-18-16-22(27)19-10-5-6-11-20(19)24(18)21-12-7-13-23-25(21)30-26(28-23)17-8-3-2-4-9-17/h2-16H,1H3/b15-14+. The van der Waals surface area contributed by atoms with E-state index in [0.717, 1.165) is 44.1 Å². The Morgan fingerprint density at radius 3 is 2.47 bits per heavy atom. The molecule has 5 aromatic rings. The highest BCUT2D eigenvalue weighted by atomic mass is 35.5. The van der Waals surface area contributed by atoms with E-state index in [4.69, 9.17) is 25.7 Å². The molecule has 0 aliphatic carbocycles. The summed E-state index contributed by atoms with van der Waals surface area (Å²) in [5.41, 5.74) is 5.45. The quantitative estimate of drug-likeness (QED) is 0.286. The number of nitrogens with zero attached hydrogens (tertiary/aromatic N) is 1. The van der Waals surface area contributed by atoms with Crippen LogP contribution in [0, 0.1) is 0 Å². The molecule has 0 bridgehead atoms. The van der Waals surface area contributed by atoms with Crippen LogP contribution in [0.15, 0.2) is 89.5 Å². The number of methoxy groups -OCH3 is 1. The van der Waals surface area contributed by atoms with Crippen molar-refractivity contribution in [2.24, 2.45) is 0 Å². The average molecular weight is 412 g/mol. The first kappa shape index (κ1) is 18.5. The Kier molecular flexibility index (Phi) is 4.74. The van der Waals surface area contributed by atoms with Gasteiger partial charge >= 0.3 is 0 Å². The molecule has 0 aliphatic heterocycles. The molecule has 0 radical (unpaired) electrons. The van der Waals surface area contributed by atoms with Crippen LogP contribution >= 0.6 is 11.6 Å². The summed E-state index contributed by atoms with van der Waals surface area (Å²) in [5, 5.41) is 2.73. The Balaban J connectivity index is 1.83. The average Bonchev–Trinajstić information content (AvgIpc) is 3.23. The van der Waals surface area contributed by atoms with Crippen LogP contribution in [0.5, 0.6) is 0 Å². The van der Waals surface area contributed by atoms with E-state index >= 15 is 0 Å². The summed E-state index contributed by atoms with van der Waals surface area (Å²) in [5.74, 6) is 0.602. The second-order valence-electron chi connectivity index (χ2n) is 6.95. The van der Waals surface area contributed by atoms with Crippen LogP contribution in [-0.2, 0) is 4.74 Å². The predicted octanol–water partition coefficient (Wildman–Crippen LogP) is 7.59. The number of ether oxygens (including phenoxy) is 1. The first-order valence-corrected chi connectivity index (χ1v) is 10.00. The van der Waals surface area contributed by atoms with E-state index in [1.54, 1.807) is 13.4 Å². The Hall–Kier alpha value is -3.56. The Morgan fingerprint density at radius 1 is 0.900 bits per heavy atom. The van der Waals surface area contributed by atoms with E-state index in [0.29, 0.717) is 10.9 Å². The molecule has 0 fully saturated rings. The van der Waals surface area contributed by atoms with Crippen LogP contribution in [0.1, 0.15) is 5.56 Å². The largest absolute Gasteiger partial charge is 0.504 e. The van der Waals surface area contributed by atoms with Crippen LogP contribution in [0.2, 0.25) is 5.02 Å². The minimum atomic E-state index is 0.602. The van der Waals surface area contributed by atoms with Gasteiger partial charge in [0.25, 0.3) is 0 Å². The van der Waals surface area contributed by atoms with Crippen LogP contribution in [0.25, 0.3) is 50.5 Å². The van der Waals surface area contributed by atoms with Crippen molar-refractivity contribution in [3.05, 3.63) is 95.7 Å². The SMILES string of the molecule is CO/C=C/c1cc(Cl)c2ccccc2c1-c1cccc2nc(-c3ccccc3)oc12. The van der Waals surface area contributed by atoms with Crippen LogP contribution in [0.3, 0.4) is 0 Å². The molecule has 0 N–H and O–H groups in total. The zero-order chi connectivity index (χ0) is 20.5. The van der Waals surface area contributed by atoms with Crippen molar-refractivity contribution in [2.45, 2.75) is 0 Å². The van der Waals surface area contributed by atoms with Crippen molar-refractivity contribution < 1.29 is 9.15 Å². The van der Waals surface area contributed by atoms with Crippen molar-refractivity contribution in [1.82, 2.24) is 4.98 Å². The summed E-state index contributed by atoms with van der Waals surface area (Å²) >= 11 is 6.59. The molecule has 0 aliphatic rings. The lowest BCUT2D eigenvalue weighted by Crippen LogP contribution is -1.89. The molecule has 1 aromatic heterocycles. The van der Waals surface area contributed by atoms with Crippen LogP contribution in [0.4, 0.5) is 0 Å². The summed E-state index contributed by atoms with van der Waals surface area (Å²) in [6, 6.07) is 26.0. The molecular weight excluding hydrogens is 394 g/mol. The lowest BCUT2D eigenvalue weighted by atomic mass is 9.92. The highest BCUT2D eigenvalue weighted by Gasteiger charge is 2.18. The number of hydrogen-bond acceptors (Lipinski definition) is 3. The van der Waals surface area contributed by atoms with Crippen LogP contribution in [-0.4, -0.2) is 12.1 Å². The van der Waals surface area contributed by atoms with Gasteiger partial charge in [-0.15, -0.1) is 0 Å². The number of para-hydroxylation sites is 1. The highest BCUT2D eigenvalue weighted by molar-refractivity contribution is 6.36. The van der Waals surface area contributed by atoms with Gasteiger partial charge in [-0.3, -0.25) is 0 Å². The molecule has 0 amide bonds. The van der Waals surface area contributed by atoms with Gasteiger partial charge in [-0.05, 0) is 41.3 Å². The lowest BCUT2D eigenvalue weighted by Gasteiger charge is -2.13. The van der Waals surface area contributed by atoms with Crippen molar-refractivity contribution in [1.29, 1.82) is 0 Å². The van der Waals surface area contributed by atoms with Crippen molar-refractivity contribution in [3.8, 4) is 22.6 Å². The summed E-state index contributed by atoms with van der Waals surface area (Å²) in [7, 11) is 1.63. The molecular formula is C26H18ClNO2. The summed E-state index contributed by atoms with van der Waals surface area (Å²) in [4.78, 5) is 4.72. The number of hydrogen-bond donors (Lipinski definition) is 0. The van der Waals surface area contributed by atoms with E-state index in [-0.39, 0.29) is 0 Å². The fraction of sp³-hybridized carbons (Fsp3) is 0.0385. The van der Waals surface area contributed by atoms with Crippen molar-refractivity contribution >= 4 is 39.5 Å². The zero-order valence-electron chi connectivity index (χ0n) is 16.3. The van der Waals surface area contributed by atoms with Gasteiger partial charge in [0.15, 0.2) is 5.58 Å². The maximum absolute atomic E-state index is 6.59. The number of oxazole rings is 1. The van der Waals surface area contributed by atoms with Gasteiger partial charge in [0.1, 0.15) is 5.52 Å². The van der Waals surface area contributed by atoms with Gasteiger partial charge in [-0.2, -0.15) is 0 Å². The molecule has 0 spiro atoms. The number of fused-ring (bicyclic) bond motifs is 2. The normalized spacial score (nSPS) is 11.5. The van der Waals surface area contributed by atoms with Crippen LogP contribution < -0.4 is 0 Å². The van der Waals surface area contributed by atoms with Gasteiger partial charge in [-0.1, -0.05) is 66.2 Å². The highest BCUT2D eigenvalue weighted by Crippen LogP contribution is 2.41. The molecule has 0 saturated carbocycles. The number of benzene rings is 4. The summed E-state index contributed by atoms with van der Waals surface area (Å²) in [6.07, 6.45) is 3.57. The molecule has 4 heteroatoms. The smallest absolute Gasteiger partial charge is 0.227 e. The second-order valence-corrected chi connectivity index (χ2v) is 7.35. The monoisotopic (exact) mass is 411 g/mol. The molecule has 0 saturated heterocycles. The third-order valence-corrected chi connectivity index (χ3v) is 5.43. The first-order valence-electron chi connectivity index (χ1n) is 9.62. The maximum Gasteiger partial charge on any atom is 0.227 e. The van der Waals surface area contributed by atoms with Crippen molar-refractivity contribution in [2.75, 3.05) is 7.11 Å². The van der Waals surface area contributed by atoms with Gasteiger partial charge in [0, 0.05) is 27.1 Å². The molecule has 0 atom stereocenters. The Labute approximate surface area is 179 Å². The summed E-state index contributed by atoms with van der Waals surface area (Å²) in [6.45, 7) is 0. The van der Waals surface area contributed by atoms with Gasteiger partial charge in [0.2, 0.25) is 5.89 Å². The molecule has 3 nitrogen and oxygen atoms in total. The minimum Gasteiger partial charge on any atom is -0.504 e. The second kappa shape index (κ2) is 7.69. The van der Waals surface area contributed by atoms with Crippen molar-refractivity contribution in [3.63, 3.8) is 0 Å². The van der Waals surface area contributed by atoms with E-state index in [2.05, 4.69) is 12.1 Å². The Bertz CT molecular complexity index is 1390. The first-order chi connectivity index (χ1) is 14.8. The van der Waals surface area contributed by atoms with E-state index in [1.807, 2.05) is 72.8 Å². The third kappa shape index (κ3) is 3.14. The number of halogens is 1. The Morgan fingerprint density at radius 2 is 1.67 bits per heavy atom. The molecule has 146 valence electrons. The zero-order valence-corrected chi connectivity index (χ0v) is 17.1. The fourth-order valence-electron chi connectivity index (χ4n) is 3.77. The molecule has 5 rings (SSSR count). The fourth-order valence-corrected chi connectivity index (χ4v) is 4.06. The van der Waals surface area contributed by atoms with Gasteiger partial charge in [-0.25, -0.2) is 4.98 Å². The maximum atomic E-state index is 6.59. The third-order valence-electron chi connectivity index (χ3n) is 5.11. The van der Waals surface area contributed by atoms with Gasteiger partial charge < -0.3 is 9.15 Å². The van der Waals surface area contributed by atoms with Gasteiger partial charge in [0.05, 0.1) is 13.4 Å². The predicted molar refractivity (Wildman–Crippen MR) is 123 cm³/mol.